The highest BCUT2D eigenvalue weighted by molar-refractivity contribution is 6.35. The van der Waals surface area contributed by atoms with E-state index < -0.39 is 0 Å². The third-order valence-corrected chi connectivity index (χ3v) is 1.33. The van der Waals surface area contributed by atoms with Gasteiger partial charge >= 0.3 is 0 Å². The molecular weight excluding hydrogens is 69.7 g/mol. The van der Waals surface area contributed by atoms with Gasteiger partial charge in [-0.05, 0) is 0 Å². The molecule has 0 bridgehead atoms. The van der Waals surface area contributed by atoms with Gasteiger partial charge in [-0.1, -0.05) is 25.5 Å². The Morgan fingerprint density at radius 1 is 1.17 bits per heavy atom. The van der Waals surface area contributed by atoms with Gasteiger partial charge in [0.25, 0.3) is 0 Å². The molecule has 2 heteroatoms. The molecule has 0 amide bonds. The minimum absolute atomic E-state index is 0.852. The van der Waals surface area contributed by atoms with E-state index in [1.54, 1.807) is 0 Å². The molecule has 0 fully saturated rings. The SMILES string of the molecule is BC(B)C(C)C. The van der Waals surface area contributed by atoms with Crippen molar-refractivity contribution in [3.63, 3.8) is 0 Å². The zero-order chi connectivity index (χ0) is 5.15. The Hall–Kier alpha value is 0.130. The summed E-state index contributed by atoms with van der Waals surface area (Å²) >= 11 is 0. The van der Waals surface area contributed by atoms with Crippen molar-refractivity contribution < 1.29 is 0 Å². The predicted molar refractivity (Wildman–Crippen MR) is 35.7 cm³/mol. The molecule has 0 nitrogen and oxygen atoms in total. The summed E-state index contributed by atoms with van der Waals surface area (Å²) in [5.74, 6) is 0.852. The fraction of sp³-hybridized carbons (Fsp3) is 1.00. The molecule has 0 spiro atoms. The van der Waals surface area contributed by atoms with E-state index in [4.69, 9.17) is 0 Å². The highest BCUT2D eigenvalue weighted by Crippen LogP contribution is 2.05. The Morgan fingerprint density at radius 2 is 1.33 bits per heavy atom. The van der Waals surface area contributed by atoms with Gasteiger partial charge in [-0.2, -0.15) is 0 Å². The van der Waals surface area contributed by atoms with E-state index in [9.17, 15) is 0 Å². The minimum atomic E-state index is 0.852. The minimum Gasteiger partial charge on any atom is -0.0937 e. The highest BCUT2D eigenvalue weighted by Gasteiger charge is 1.96. The molecule has 0 aliphatic heterocycles. The monoisotopic (exact) mass is 82.1 g/mol. The first kappa shape index (κ1) is 6.13. The molecule has 0 saturated heterocycles. The van der Waals surface area contributed by atoms with E-state index >= 15 is 0 Å². The average molecular weight is 81.8 g/mol. The molecule has 0 aromatic heterocycles. The van der Waals surface area contributed by atoms with Crippen LogP contribution in [0.4, 0.5) is 0 Å². The van der Waals surface area contributed by atoms with Crippen LogP contribution in [0.2, 0.25) is 5.72 Å². The summed E-state index contributed by atoms with van der Waals surface area (Å²) in [6.45, 7) is 4.48. The van der Waals surface area contributed by atoms with Crippen molar-refractivity contribution in [2.75, 3.05) is 0 Å². The molecule has 0 N–H and O–H groups in total. The van der Waals surface area contributed by atoms with Gasteiger partial charge in [0.05, 0.1) is 15.7 Å². The number of hydrogen-bond donors (Lipinski definition) is 0. The van der Waals surface area contributed by atoms with Gasteiger partial charge in [0, 0.05) is 0 Å². The third kappa shape index (κ3) is 2.37. The third-order valence-electron chi connectivity index (χ3n) is 1.33. The van der Waals surface area contributed by atoms with Crippen molar-refractivity contribution in [3.8, 4) is 0 Å². The molecule has 6 heavy (non-hydrogen) atoms. The predicted octanol–water partition coefficient (Wildman–Crippen LogP) is -0.345. The summed E-state index contributed by atoms with van der Waals surface area (Å²) in [5.41, 5.74) is 0.852. The Labute approximate surface area is 42.1 Å². The summed E-state index contributed by atoms with van der Waals surface area (Å²) in [5, 5.41) is 0. The van der Waals surface area contributed by atoms with E-state index in [1.165, 1.54) is 0 Å². The Balaban J connectivity index is 2.99. The standard InChI is InChI=1S/C4H12B2/c1-3(2)4(5)6/h3-4H,5-6H2,1-2H3. The Bertz CT molecular complexity index is 26.5. The van der Waals surface area contributed by atoms with Gasteiger partial charge in [-0.15, -0.1) is 0 Å². The van der Waals surface area contributed by atoms with E-state index in [0.717, 1.165) is 11.6 Å². The fourth-order valence-electron chi connectivity index (χ4n) is 0. The summed E-state index contributed by atoms with van der Waals surface area (Å²) in [6.07, 6.45) is 0. The van der Waals surface area contributed by atoms with Crippen LogP contribution in [0.15, 0.2) is 0 Å². The zero-order valence-corrected chi connectivity index (χ0v) is 5.15. The molecule has 0 rings (SSSR count). The molecule has 0 unspecified atom stereocenters. The summed E-state index contributed by atoms with van der Waals surface area (Å²) < 4.78 is 0. The molecule has 0 atom stereocenters. The van der Waals surface area contributed by atoms with E-state index in [-0.39, 0.29) is 0 Å². The molecule has 0 heterocycles. The smallest absolute Gasteiger partial charge is 0.0937 e. The van der Waals surface area contributed by atoms with Gasteiger partial charge in [-0.3, -0.25) is 0 Å². The first-order valence-electron chi connectivity index (χ1n) is 2.64. The van der Waals surface area contributed by atoms with Crippen LogP contribution in [0, 0.1) is 5.92 Å². The van der Waals surface area contributed by atoms with E-state index in [0.29, 0.717) is 0 Å². The van der Waals surface area contributed by atoms with Crippen LogP contribution < -0.4 is 0 Å². The molecule has 0 radical (unpaired) electrons. The van der Waals surface area contributed by atoms with Gasteiger partial charge in [-0.25, -0.2) is 0 Å². The zero-order valence-electron chi connectivity index (χ0n) is 5.15. The molecule has 0 aliphatic rings. The second-order valence-corrected chi connectivity index (χ2v) is 2.49. The second kappa shape index (κ2) is 2.33. The summed E-state index contributed by atoms with van der Waals surface area (Å²) in [6, 6.07) is 0. The van der Waals surface area contributed by atoms with Crippen LogP contribution in [0.5, 0.6) is 0 Å². The van der Waals surface area contributed by atoms with Crippen LogP contribution in [-0.4, -0.2) is 15.7 Å². The van der Waals surface area contributed by atoms with Crippen molar-refractivity contribution >= 4 is 15.7 Å². The highest BCUT2D eigenvalue weighted by atomic mass is 13.9. The maximum atomic E-state index is 2.24. The first-order chi connectivity index (χ1) is 2.64. The van der Waals surface area contributed by atoms with Gasteiger partial charge < -0.3 is 0 Å². The van der Waals surface area contributed by atoms with Crippen molar-refractivity contribution in [1.29, 1.82) is 0 Å². The largest absolute Gasteiger partial charge is 0.0959 e. The lowest BCUT2D eigenvalue weighted by Gasteiger charge is -2.05. The van der Waals surface area contributed by atoms with E-state index in [2.05, 4.69) is 29.5 Å². The lowest BCUT2D eigenvalue weighted by Crippen LogP contribution is -1.99. The van der Waals surface area contributed by atoms with Gasteiger partial charge in [0.1, 0.15) is 0 Å². The van der Waals surface area contributed by atoms with Crippen LogP contribution in [0.1, 0.15) is 13.8 Å². The molecule has 0 aliphatic carbocycles. The van der Waals surface area contributed by atoms with E-state index in [1.807, 2.05) is 0 Å². The topological polar surface area (TPSA) is 0 Å². The van der Waals surface area contributed by atoms with Crippen LogP contribution in [0.3, 0.4) is 0 Å². The Kier molecular flexibility index (Phi) is 2.38. The average Bonchev–Trinajstić information content (AvgIpc) is 1.36. The first-order valence-corrected chi connectivity index (χ1v) is 2.64. The fourth-order valence-corrected chi connectivity index (χ4v) is 0. The van der Waals surface area contributed by atoms with Crippen molar-refractivity contribution in [3.05, 3.63) is 0 Å². The maximum Gasteiger partial charge on any atom is 0.0959 e. The lowest BCUT2D eigenvalue weighted by atomic mass is 9.64. The normalized spacial score (nSPS) is 10.7. The Morgan fingerprint density at radius 3 is 1.33 bits per heavy atom. The van der Waals surface area contributed by atoms with Crippen LogP contribution >= 0.6 is 0 Å². The molecule has 0 saturated carbocycles. The molecule has 0 aromatic rings. The maximum absolute atomic E-state index is 2.24. The van der Waals surface area contributed by atoms with Crippen molar-refractivity contribution in [2.24, 2.45) is 5.92 Å². The molecule has 0 aromatic carbocycles. The number of hydrogen-bond acceptors (Lipinski definition) is 0. The van der Waals surface area contributed by atoms with Crippen LogP contribution in [0.25, 0.3) is 0 Å². The summed E-state index contributed by atoms with van der Waals surface area (Å²) in [7, 11) is 4.48. The number of rotatable bonds is 1. The molecule has 34 valence electrons. The van der Waals surface area contributed by atoms with Crippen LogP contribution in [-0.2, 0) is 0 Å². The second-order valence-electron chi connectivity index (χ2n) is 2.49. The summed E-state index contributed by atoms with van der Waals surface area (Å²) in [4.78, 5) is 0. The van der Waals surface area contributed by atoms with Crippen molar-refractivity contribution in [2.45, 2.75) is 19.6 Å². The molecular formula is C4H12B2. The van der Waals surface area contributed by atoms with Gasteiger partial charge in [0.2, 0.25) is 0 Å². The quantitative estimate of drug-likeness (QED) is 0.379. The van der Waals surface area contributed by atoms with Gasteiger partial charge in [0.15, 0.2) is 0 Å². The van der Waals surface area contributed by atoms with Crippen molar-refractivity contribution in [1.82, 2.24) is 0 Å². The lowest BCUT2D eigenvalue weighted by molar-refractivity contribution is 0.700.